The van der Waals surface area contributed by atoms with Gasteiger partial charge in [-0.05, 0) is 83.0 Å². The molecule has 1 amide bonds. The van der Waals surface area contributed by atoms with Crippen molar-refractivity contribution < 1.29 is 14.3 Å². The Bertz CT molecular complexity index is 1220. The van der Waals surface area contributed by atoms with E-state index in [9.17, 15) is 10.1 Å². The molecule has 0 heterocycles. The van der Waals surface area contributed by atoms with Gasteiger partial charge in [-0.15, -0.1) is 0 Å². The minimum Gasteiger partial charge on any atom is -0.493 e. The van der Waals surface area contributed by atoms with Gasteiger partial charge in [0.1, 0.15) is 29.7 Å². The van der Waals surface area contributed by atoms with Crippen LogP contribution in [0.5, 0.6) is 11.5 Å². The molecule has 0 saturated heterocycles. The number of carbonyl (C=O) groups excluding carboxylic acids is 1. The zero-order valence-electron chi connectivity index (χ0n) is 17.6. The quantitative estimate of drug-likeness (QED) is 0.238. The first-order valence-corrected chi connectivity index (χ1v) is 11.5. The van der Waals surface area contributed by atoms with Crippen molar-refractivity contribution >= 4 is 56.8 Å². The van der Waals surface area contributed by atoms with Crippen LogP contribution in [0.3, 0.4) is 0 Å². The van der Waals surface area contributed by atoms with Crippen molar-refractivity contribution in [1.82, 2.24) is 0 Å². The Morgan fingerprint density at radius 2 is 1.85 bits per heavy atom. The fourth-order valence-corrected chi connectivity index (χ4v) is 3.80. The molecule has 8 heteroatoms. The van der Waals surface area contributed by atoms with Crippen LogP contribution in [0.1, 0.15) is 18.1 Å². The molecule has 0 aromatic heterocycles. The van der Waals surface area contributed by atoms with E-state index in [0.717, 1.165) is 10.0 Å². The molecule has 0 aliphatic heterocycles. The van der Waals surface area contributed by atoms with E-state index >= 15 is 0 Å². The minimum absolute atomic E-state index is 0.0243. The Kier molecular flexibility index (Phi) is 8.79. The molecule has 1 N–H and O–H groups in total. The second kappa shape index (κ2) is 11.8. The van der Waals surface area contributed by atoms with Gasteiger partial charge >= 0.3 is 0 Å². The summed E-state index contributed by atoms with van der Waals surface area (Å²) in [6.07, 6.45) is 1.52. The van der Waals surface area contributed by atoms with Crippen molar-refractivity contribution in [1.29, 1.82) is 5.26 Å². The minimum atomic E-state index is -0.510. The van der Waals surface area contributed by atoms with E-state index in [0.29, 0.717) is 39.4 Å². The summed E-state index contributed by atoms with van der Waals surface area (Å²) in [4.78, 5) is 12.6. The third-order valence-electron chi connectivity index (χ3n) is 4.45. The van der Waals surface area contributed by atoms with E-state index in [1.54, 1.807) is 60.7 Å². The smallest absolute Gasteiger partial charge is 0.266 e. The monoisotopic (exact) mass is 544 g/mol. The highest BCUT2D eigenvalue weighted by molar-refractivity contribution is 9.10. The lowest BCUT2D eigenvalue weighted by atomic mass is 10.1. The largest absolute Gasteiger partial charge is 0.493 e. The summed E-state index contributed by atoms with van der Waals surface area (Å²) in [6.45, 7) is 2.71. The number of rotatable bonds is 8. The number of halogens is 3. The van der Waals surface area contributed by atoms with Crippen LogP contribution < -0.4 is 14.8 Å². The van der Waals surface area contributed by atoms with Gasteiger partial charge in [0, 0.05) is 21.3 Å². The summed E-state index contributed by atoms with van der Waals surface area (Å²) in [5.41, 5.74) is 2.01. The molecule has 0 unspecified atom stereocenters. The SMILES string of the molecule is CCOc1ccc(/C=C(\C#N)C(=O)Nc2ccc(OCc3ccc(Cl)cc3Cl)cc2)cc1Br. The maximum Gasteiger partial charge on any atom is 0.266 e. The summed E-state index contributed by atoms with van der Waals surface area (Å²) in [7, 11) is 0. The van der Waals surface area contributed by atoms with Crippen molar-refractivity contribution in [3.63, 3.8) is 0 Å². The Hall–Kier alpha value is -2.98. The molecule has 0 atom stereocenters. The molecule has 0 aliphatic rings. The van der Waals surface area contributed by atoms with Crippen LogP contribution in [0.15, 0.2) is 70.7 Å². The van der Waals surface area contributed by atoms with Crippen LogP contribution >= 0.6 is 39.1 Å². The molecule has 3 aromatic rings. The van der Waals surface area contributed by atoms with Crippen LogP contribution in [0.4, 0.5) is 5.69 Å². The van der Waals surface area contributed by atoms with Gasteiger partial charge in [0.2, 0.25) is 0 Å². The first-order chi connectivity index (χ1) is 15.9. The van der Waals surface area contributed by atoms with E-state index in [4.69, 9.17) is 32.7 Å². The lowest BCUT2D eigenvalue weighted by Gasteiger charge is -2.10. The van der Waals surface area contributed by atoms with E-state index in [2.05, 4.69) is 21.2 Å². The second-order valence-corrected chi connectivity index (χ2v) is 8.49. The zero-order chi connectivity index (χ0) is 23.8. The number of nitriles is 1. The van der Waals surface area contributed by atoms with Gasteiger partial charge in [-0.25, -0.2) is 0 Å². The molecule has 3 rings (SSSR count). The van der Waals surface area contributed by atoms with Crippen LogP contribution in [0.25, 0.3) is 6.08 Å². The van der Waals surface area contributed by atoms with E-state index in [-0.39, 0.29) is 12.2 Å². The number of benzene rings is 3. The van der Waals surface area contributed by atoms with Gasteiger partial charge in [0.15, 0.2) is 0 Å². The van der Waals surface area contributed by atoms with Gasteiger partial charge in [-0.2, -0.15) is 5.26 Å². The molecule has 0 saturated carbocycles. The van der Waals surface area contributed by atoms with Crippen molar-refractivity contribution in [2.75, 3.05) is 11.9 Å². The van der Waals surface area contributed by atoms with E-state index in [1.807, 2.05) is 13.0 Å². The highest BCUT2D eigenvalue weighted by atomic mass is 79.9. The number of hydrogen-bond donors (Lipinski definition) is 1. The molecular formula is C25H19BrCl2N2O3. The number of nitrogens with zero attached hydrogens (tertiary/aromatic N) is 1. The van der Waals surface area contributed by atoms with Crippen molar-refractivity contribution in [3.8, 4) is 17.6 Å². The van der Waals surface area contributed by atoms with Crippen LogP contribution in [-0.4, -0.2) is 12.5 Å². The number of nitrogens with one attached hydrogen (secondary N) is 1. The summed E-state index contributed by atoms with van der Waals surface area (Å²) in [5, 5.41) is 13.3. The van der Waals surface area contributed by atoms with Crippen molar-refractivity contribution in [2.24, 2.45) is 0 Å². The van der Waals surface area contributed by atoms with Gasteiger partial charge in [0.25, 0.3) is 5.91 Å². The predicted octanol–water partition coefficient (Wildman–Crippen LogP) is 7.28. The highest BCUT2D eigenvalue weighted by Crippen LogP contribution is 2.27. The van der Waals surface area contributed by atoms with Crippen molar-refractivity contribution in [2.45, 2.75) is 13.5 Å². The summed E-state index contributed by atoms with van der Waals surface area (Å²) < 4.78 is 12.0. The summed E-state index contributed by atoms with van der Waals surface area (Å²) in [6, 6.07) is 19.3. The molecule has 0 spiro atoms. The molecule has 0 radical (unpaired) electrons. The second-order valence-electron chi connectivity index (χ2n) is 6.80. The average molecular weight is 546 g/mol. The normalized spacial score (nSPS) is 10.9. The van der Waals surface area contributed by atoms with Gasteiger partial charge in [0.05, 0.1) is 11.1 Å². The molecule has 33 heavy (non-hydrogen) atoms. The molecule has 0 bridgehead atoms. The van der Waals surface area contributed by atoms with Crippen molar-refractivity contribution in [3.05, 3.63) is 91.9 Å². The Morgan fingerprint density at radius 1 is 1.09 bits per heavy atom. The number of carbonyl (C=O) groups is 1. The molecular weight excluding hydrogens is 527 g/mol. The molecule has 0 aliphatic carbocycles. The maximum atomic E-state index is 12.6. The topological polar surface area (TPSA) is 71.3 Å². The van der Waals surface area contributed by atoms with Gasteiger partial charge in [-0.1, -0.05) is 35.3 Å². The lowest BCUT2D eigenvalue weighted by molar-refractivity contribution is -0.112. The molecule has 3 aromatic carbocycles. The van der Waals surface area contributed by atoms with Gasteiger partial charge in [-0.3, -0.25) is 4.79 Å². The van der Waals surface area contributed by atoms with Gasteiger partial charge < -0.3 is 14.8 Å². The third kappa shape index (κ3) is 7.00. The molecule has 168 valence electrons. The van der Waals surface area contributed by atoms with E-state index < -0.39 is 5.91 Å². The Labute approximate surface area is 210 Å². The maximum absolute atomic E-state index is 12.6. The standard InChI is InChI=1S/C25H19BrCl2N2O3/c1-2-32-24-10-3-16(12-22(24)26)11-18(14-29)25(31)30-20-6-8-21(9-7-20)33-15-17-4-5-19(27)13-23(17)28/h3-13H,2,15H2,1H3,(H,30,31)/b18-11+. The molecule has 5 nitrogen and oxygen atoms in total. The Morgan fingerprint density at radius 3 is 2.48 bits per heavy atom. The van der Waals surface area contributed by atoms with Crippen LogP contribution in [0.2, 0.25) is 10.0 Å². The zero-order valence-corrected chi connectivity index (χ0v) is 20.7. The lowest BCUT2D eigenvalue weighted by Crippen LogP contribution is -2.13. The number of hydrogen-bond acceptors (Lipinski definition) is 4. The van der Waals surface area contributed by atoms with Crippen LogP contribution in [0, 0.1) is 11.3 Å². The highest BCUT2D eigenvalue weighted by Gasteiger charge is 2.11. The predicted molar refractivity (Wildman–Crippen MR) is 135 cm³/mol. The Balaban J connectivity index is 1.63. The fraction of sp³-hybridized carbons (Fsp3) is 0.120. The summed E-state index contributed by atoms with van der Waals surface area (Å²) >= 11 is 15.5. The third-order valence-corrected chi connectivity index (χ3v) is 5.66. The number of amides is 1. The first kappa shape index (κ1) is 24.7. The molecule has 0 fully saturated rings. The fourth-order valence-electron chi connectivity index (χ4n) is 2.83. The first-order valence-electron chi connectivity index (χ1n) is 9.92. The average Bonchev–Trinajstić information content (AvgIpc) is 2.79. The van der Waals surface area contributed by atoms with Crippen LogP contribution in [-0.2, 0) is 11.4 Å². The summed E-state index contributed by atoms with van der Waals surface area (Å²) in [5.74, 6) is 0.789. The van der Waals surface area contributed by atoms with E-state index in [1.165, 1.54) is 6.08 Å². The number of anilines is 1. The number of ether oxygens (including phenoxy) is 2.